The highest BCUT2D eigenvalue weighted by Gasteiger charge is 2.53. The van der Waals surface area contributed by atoms with Gasteiger partial charge in [-0.25, -0.2) is 9.48 Å². The molecular formula is C20H22N3O3+. The number of hydrogen-bond donors (Lipinski definition) is 1. The Morgan fingerprint density at radius 2 is 2.00 bits per heavy atom. The molecule has 0 aliphatic carbocycles. The van der Waals surface area contributed by atoms with E-state index in [1.54, 1.807) is 12.1 Å². The summed E-state index contributed by atoms with van der Waals surface area (Å²) >= 11 is 0. The van der Waals surface area contributed by atoms with Gasteiger partial charge in [-0.2, -0.15) is 0 Å². The normalized spacial score (nSPS) is 22.5. The van der Waals surface area contributed by atoms with Gasteiger partial charge < -0.3 is 5.11 Å². The molecule has 2 aromatic rings. The zero-order chi connectivity index (χ0) is 18.3. The van der Waals surface area contributed by atoms with Gasteiger partial charge in [0, 0.05) is 24.1 Å². The number of benzene rings is 2. The molecule has 0 bridgehead atoms. The molecule has 0 spiro atoms. The molecule has 26 heavy (non-hydrogen) atoms. The lowest BCUT2D eigenvalue weighted by atomic mass is 10.0. The third-order valence-electron chi connectivity index (χ3n) is 5.41. The fraction of sp³-hybridized carbons (Fsp3) is 0.350. The van der Waals surface area contributed by atoms with Gasteiger partial charge in [-0.1, -0.05) is 30.3 Å². The second-order valence-corrected chi connectivity index (χ2v) is 7.02. The Bertz CT molecular complexity index is 909. The van der Waals surface area contributed by atoms with Crippen LogP contribution in [0.25, 0.3) is 0 Å². The minimum Gasteiger partial charge on any atom is -0.346 e. The molecule has 134 valence electrons. The van der Waals surface area contributed by atoms with Crippen molar-refractivity contribution in [2.24, 2.45) is 0 Å². The summed E-state index contributed by atoms with van der Waals surface area (Å²) in [6, 6.07) is 14.5. The summed E-state index contributed by atoms with van der Waals surface area (Å²) in [5, 5.41) is 22.8. The van der Waals surface area contributed by atoms with Crippen molar-refractivity contribution in [2.45, 2.75) is 31.9 Å². The number of hydrogen-bond acceptors (Lipinski definition) is 4. The first-order valence-corrected chi connectivity index (χ1v) is 8.95. The average molecular weight is 352 g/mol. The van der Waals surface area contributed by atoms with Gasteiger partial charge in [-0.05, 0) is 31.4 Å². The Hall–Kier alpha value is -2.73. The summed E-state index contributed by atoms with van der Waals surface area (Å²) in [4.78, 5) is 12.9. The number of β-amino-alcohol motifs (C(OH)–C–C–N with tert-alkyl or cyclic N) is 1. The van der Waals surface area contributed by atoms with Crippen LogP contribution in [0, 0.1) is 17.0 Å². The lowest BCUT2D eigenvalue weighted by molar-refractivity contribution is -0.661. The van der Waals surface area contributed by atoms with Gasteiger partial charge in [0.05, 0.1) is 11.5 Å². The molecule has 6 heteroatoms. The van der Waals surface area contributed by atoms with Crippen LogP contribution >= 0.6 is 0 Å². The molecule has 2 heterocycles. The van der Waals surface area contributed by atoms with Crippen LogP contribution in [-0.2, 0) is 5.72 Å². The number of rotatable bonds is 3. The van der Waals surface area contributed by atoms with E-state index in [9.17, 15) is 15.2 Å². The van der Waals surface area contributed by atoms with Gasteiger partial charge in [-0.3, -0.25) is 10.1 Å². The molecule has 0 radical (unpaired) electrons. The van der Waals surface area contributed by atoms with Crippen LogP contribution in [0.4, 0.5) is 11.4 Å². The average Bonchev–Trinajstić information content (AvgIpc) is 2.97. The third-order valence-corrected chi connectivity index (χ3v) is 5.41. The summed E-state index contributed by atoms with van der Waals surface area (Å²) in [6.07, 6.45) is 2.98. The lowest BCUT2D eigenvalue weighted by Crippen LogP contribution is -2.41. The van der Waals surface area contributed by atoms with Gasteiger partial charge in [-0.15, -0.1) is 0 Å². The number of nitrogens with zero attached hydrogens (tertiary/aromatic N) is 3. The van der Waals surface area contributed by atoms with Gasteiger partial charge in [0.1, 0.15) is 5.69 Å². The maximum absolute atomic E-state index is 11.6. The Balaban J connectivity index is 1.83. The van der Waals surface area contributed by atoms with Crippen molar-refractivity contribution in [3.8, 4) is 0 Å². The van der Waals surface area contributed by atoms with E-state index in [-0.39, 0.29) is 5.69 Å². The molecule has 0 fully saturated rings. The van der Waals surface area contributed by atoms with E-state index in [2.05, 4.69) is 24.0 Å². The van der Waals surface area contributed by atoms with E-state index in [0.29, 0.717) is 12.1 Å². The number of anilines is 1. The Morgan fingerprint density at radius 1 is 1.19 bits per heavy atom. The monoisotopic (exact) mass is 352 g/mol. The molecule has 1 atom stereocenters. The van der Waals surface area contributed by atoms with E-state index in [0.717, 1.165) is 42.9 Å². The van der Waals surface area contributed by atoms with Crippen LogP contribution in [-0.4, -0.2) is 33.5 Å². The minimum atomic E-state index is -1.26. The van der Waals surface area contributed by atoms with Crippen molar-refractivity contribution in [1.29, 1.82) is 0 Å². The molecule has 2 aliphatic heterocycles. The molecule has 2 aromatic carbocycles. The SMILES string of the molecule is Cc1ccccc1N1CC(O)(c2cccc([N+](=O)[O-])c2)[N+]2=C1CCCC2. The molecule has 2 aliphatic rings. The molecule has 0 saturated carbocycles. The number of aliphatic hydroxyl groups is 1. The molecule has 0 amide bonds. The first-order valence-electron chi connectivity index (χ1n) is 8.95. The molecule has 1 unspecified atom stereocenters. The molecule has 1 N–H and O–H groups in total. The van der Waals surface area contributed by atoms with E-state index in [1.165, 1.54) is 12.1 Å². The predicted octanol–water partition coefficient (Wildman–Crippen LogP) is 3.16. The number of nitro benzene ring substituents is 1. The highest BCUT2D eigenvalue weighted by Crippen LogP contribution is 2.37. The van der Waals surface area contributed by atoms with Crippen LogP contribution < -0.4 is 4.90 Å². The standard InChI is InChI=1S/C20H22N3O3/c1-15-7-2-3-10-18(15)21-14-20(24,22-12-5-4-11-19(21)22)16-8-6-9-17(13-16)23(25)26/h2-3,6-10,13,24H,4-5,11-12,14H2,1H3/q+1. The first kappa shape index (κ1) is 16.7. The maximum atomic E-state index is 11.6. The van der Waals surface area contributed by atoms with Gasteiger partial charge in [0.25, 0.3) is 17.2 Å². The highest BCUT2D eigenvalue weighted by atomic mass is 16.6. The number of non-ortho nitro benzene ring substituents is 1. The van der Waals surface area contributed by atoms with Gasteiger partial charge >= 0.3 is 0 Å². The summed E-state index contributed by atoms with van der Waals surface area (Å²) in [6.45, 7) is 3.18. The van der Waals surface area contributed by atoms with Crippen molar-refractivity contribution in [3.63, 3.8) is 0 Å². The number of nitro groups is 1. The van der Waals surface area contributed by atoms with E-state index in [4.69, 9.17) is 0 Å². The summed E-state index contributed by atoms with van der Waals surface area (Å²) in [5.41, 5.74) is 1.54. The number of para-hydroxylation sites is 1. The summed E-state index contributed by atoms with van der Waals surface area (Å²) < 4.78 is 2.03. The Labute approximate surface area is 152 Å². The van der Waals surface area contributed by atoms with Crippen molar-refractivity contribution < 1.29 is 14.6 Å². The van der Waals surface area contributed by atoms with Crippen molar-refractivity contribution >= 4 is 17.2 Å². The Morgan fingerprint density at radius 3 is 2.77 bits per heavy atom. The third kappa shape index (κ3) is 2.57. The van der Waals surface area contributed by atoms with Crippen LogP contribution in [0.1, 0.15) is 30.4 Å². The zero-order valence-corrected chi connectivity index (χ0v) is 14.8. The van der Waals surface area contributed by atoms with Gasteiger partial charge in [0.15, 0.2) is 6.54 Å². The zero-order valence-electron chi connectivity index (χ0n) is 14.8. The Kier molecular flexibility index (Phi) is 4.00. The second kappa shape index (κ2) is 6.21. The maximum Gasteiger partial charge on any atom is 0.271 e. The minimum absolute atomic E-state index is 0.00354. The largest absolute Gasteiger partial charge is 0.346 e. The van der Waals surface area contributed by atoms with Crippen molar-refractivity contribution in [2.75, 3.05) is 18.0 Å². The molecule has 4 rings (SSSR count). The predicted molar refractivity (Wildman–Crippen MR) is 99.5 cm³/mol. The number of amidine groups is 1. The van der Waals surface area contributed by atoms with Crippen molar-refractivity contribution in [1.82, 2.24) is 0 Å². The first-order chi connectivity index (χ1) is 12.5. The van der Waals surface area contributed by atoms with E-state index < -0.39 is 10.6 Å². The van der Waals surface area contributed by atoms with Gasteiger partial charge in [0.2, 0.25) is 0 Å². The molecule has 0 saturated heterocycles. The summed E-state index contributed by atoms with van der Waals surface area (Å²) in [7, 11) is 0. The summed E-state index contributed by atoms with van der Waals surface area (Å²) in [5.74, 6) is 1.10. The smallest absolute Gasteiger partial charge is 0.271 e. The molecule has 0 aromatic heterocycles. The fourth-order valence-electron chi connectivity index (χ4n) is 4.10. The topological polar surface area (TPSA) is 69.6 Å². The van der Waals surface area contributed by atoms with E-state index in [1.807, 2.05) is 16.7 Å². The van der Waals surface area contributed by atoms with Crippen LogP contribution in [0.15, 0.2) is 48.5 Å². The lowest BCUT2D eigenvalue weighted by Gasteiger charge is -2.24. The van der Waals surface area contributed by atoms with E-state index >= 15 is 0 Å². The quantitative estimate of drug-likeness (QED) is 0.523. The number of aryl methyl sites for hydroxylation is 1. The molecule has 6 nitrogen and oxygen atoms in total. The second-order valence-electron chi connectivity index (χ2n) is 7.02. The van der Waals surface area contributed by atoms with Crippen LogP contribution in [0.5, 0.6) is 0 Å². The van der Waals surface area contributed by atoms with Crippen LogP contribution in [0.2, 0.25) is 0 Å². The molecular weight excluding hydrogens is 330 g/mol. The van der Waals surface area contributed by atoms with Crippen LogP contribution in [0.3, 0.4) is 0 Å². The fourth-order valence-corrected chi connectivity index (χ4v) is 4.10. The van der Waals surface area contributed by atoms with Crippen molar-refractivity contribution in [3.05, 3.63) is 69.8 Å². The highest BCUT2D eigenvalue weighted by molar-refractivity contribution is 5.96.